The van der Waals surface area contributed by atoms with Crippen molar-refractivity contribution in [3.63, 3.8) is 0 Å². The third-order valence-electron chi connectivity index (χ3n) is 4.18. The minimum atomic E-state index is -1.04. The molecule has 2 rings (SSSR count). The summed E-state index contributed by atoms with van der Waals surface area (Å²) in [5.74, 6) is -1.75. The fourth-order valence-corrected chi connectivity index (χ4v) is 4.63. The molecule has 160 valence electrons. The molecule has 1 fully saturated rings. The average molecular weight is 510 g/mol. The first-order chi connectivity index (χ1) is 13.7. The largest absolute Gasteiger partial charge is 0.455 e. The maximum Gasteiger partial charge on any atom is 0.303 e. The van der Waals surface area contributed by atoms with Gasteiger partial charge in [-0.15, -0.1) is 11.8 Å². The van der Waals surface area contributed by atoms with Gasteiger partial charge in [0.15, 0.2) is 18.3 Å². The van der Waals surface area contributed by atoms with Crippen LogP contribution in [0.1, 0.15) is 38.0 Å². The summed E-state index contributed by atoms with van der Waals surface area (Å²) in [6, 6.07) is 5.30. The zero-order chi connectivity index (χ0) is 21.7. The molecule has 0 N–H and O–H groups in total. The number of hydrogen-bond acceptors (Lipinski definition) is 8. The first-order valence-electron chi connectivity index (χ1n) is 8.72. The molecular formula is C19H22BrClO7S. The molecule has 0 amide bonds. The number of benzene rings is 1. The highest BCUT2D eigenvalue weighted by atomic mass is 79.9. The SMILES string of the molecule is CS[C@H]1O[C@@H](c2ccc(Cl)c(CBr)c2)[C@H](OC(C)=O)[C@@H](OC(C)=O)[C@@H]1OC(C)=O. The number of thioether (sulfide) groups is 1. The number of halogens is 2. The Morgan fingerprint density at radius 1 is 1.03 bits per heavy atom. The summed E-state index contributed by atoms with van der Waals surface area (Å²) >= 11 is 10.9. The first-order valence-corrected chi connectivity index (χ1v) is 11.5. The standard InChI is InChI=1S/C19H22BrClO7S/c1-9(22)25-16-15(12-5-6-14(21)13(7-12)8-20)28-19(29-4)18(27-11(3)24)17(16)26-10(2)23/h5-7,15-19H,8H2,1-4H3/t15-,16-,17+,18-,19+/m0/s1. The van der Waals surface area contributed by atoms with Crippen LogP contribution in [-0.2, 0) is 38.7 Å². The van der Waals surface area contributed by atoms with Crippen molar-refractivity contribution >= 4 is 57.2 Å². The first kappa shape index (κ1) is 24.0. The molecule has 7 nitrogen and oxygen atoms in total. The van der Waals surface area contributed by atoms with Gasteiger partial charge in [-0.2, -0.15) is 0 Å². The molecule has 1 aliphatic heterocycles. The molecule has 5 atom stereocenters. The Labute approximate surface area is 186 Å². The van der Waals surface area contributed by atoms with E-state index in [2.05, 4.69) is 15.9 Å². The molecule has 0 bridgehead atoms. The third kappa shape index (κ3) is 6.10. The van der Waals surface area contributed by atoms with Crippen LogP contribution in [0.3, 0.4) is 0 Å². The molecule has 0 aromatic heterocycles. The Hall–Kier alpha value is -1.29. The molecule has 0 spiro atoms. The van der Waals surface area contributed by atoms with E-state index >= 15 is 0 Å². The lowest BCUT2D eigenvalue weighted by Gasteiger charge is -2.44. The summed E-state index contributed by atoms with van der Waals surface area (Å²) in [5, 5.41) is 1.08. The van der Waals surface area contributed by atoms with Crippen LogP contribution in [0.4, 0.5) is 0 Å². The van der Waals surface area contributed by atoms with Crippen molar-refractivity contribution in [2.75, 3.05) is 6.26 Å². The van der Waals surface area contributed by atoms with Crippen LogP contribution >= 0.6 is 39.3 Å². The van der Waals surface area contributed by atoms with E-state index in [1.807, 2.05) is 6.07 Å². The van der Waals surface area contributed by atoms with Crippen LogP contribution in [0.25, 0.3) is 0 Å². The van der Waals surface area contributed by atoms with E-state index in [0.717, 1.165) is 5.56 Å². The molecular weight excluding hydrogens is 488 g/mol. The Bertz CT molecular complexity index is 775. The van der Waals surface area contributed by atoms with Crippen LogP contribution in [0.5, 0.6) is 0 Å². The summed E-state index contributed by atoms with van der Waals surface area (Å²) in [4.78, 5) is 35.3. The predicted octanol–water partition coefficient (Wildman–Crippen LogP) is 3.79. The van der Waals surface area contributed by atoms with Gasteiger partial charge in [0.05, 0.1) is 0 Å². The predicted molar refractivity (Wildman–Crippen MR) is 112 cm³/mol. The van der Waals surface area contributed by atoms with Crippen molar-refractivity contribution in [2.45, 2.75) is 56.0 Å². The van der Waals surface area contributed by atoms with Crippen LogP contribution in [-0.4, -0.2) is 47.9 Å². The average Bonchev–Trinajstić information content (AvgIpc) is 2.64. The van der Waals surface area contributed by atoms with Gasteiger partial charge in [-0.25, -0.2) is 0 Å². The molecule has 1 aromatic carbocycles. The topological polar surface area (TPSA) is 88.1 Å². The summed E-state index contributed by atoms with van der Waals surface area (Å²) in [6.45, 7) is 3.73. The smallest absolute Gasteiger partial charge is 0.303 e. The minimum Gasteiger partial charge on any atom is -0.455 e. The lowest BCUT2D eigenvalue weighted by Crippen LogP contribution is -2.57. The van der Waals surface area contributed by atoms with Gasteiger partial charge in [-0.1, -0.05) is 39.7 Å². The second-order valence-corrected chi connectivity index (χ2v) is 8.27. The summed E-state index contributed by atoms with van der Waals surface area (Å²) in [7, 11) is 0. The zero-order valence-corrected chi connectivity index (χ0v) is 19.5. The van der Waals surface area contributed by atoms with Crippen molar-refractivity contribution in [1.82, 2.24) is 0 Å². The highest BCUT2D eigenvalue weighted by molar-refractivity contribution is 9.08. The molecule has 29 heavy (non-hydrogen) atoms. The molecule has 10 heteroatoms. The van der Waals surface area contributed by atoms with Crippen LogP contribution in [0.15, 0.2) is 18.2 Å². The Kier molecular flexibility index (Phi) is 8.81. The van der Waals surface area contributed by atoms with Crippen molar-refractivity contribution in [2.24, 2.45) is 0 Å². The fraction of sp³-hybridized carbons (Fsp3) is 0.526. The highest BCUT2D eigenvalue weighted by Crippen LogP contribution is 2.41. The Balaban J connectivity index is 2.54. The van der Waals surface area contributed by atoms with Crippen molar-refractivity contribution in [3.8, 4) is 0 Å². The van der Waals surface area contributed by atoms with Crippen molar-refractivity contribution in [3.05, 3.63) is 34.3 Å². The number of carbonyl (C=O) groups excluding carboxylic acids is 3. The van der Waals surface area contributed by atoms with E-state index in [-0.39, 0.29) is 0 Å². The van der Waals surface area contributed by atoms with Gasteiger partial charge in [0, 0.05) is 31.1 Å². The quantitative estimate of drug-likeness (QED) is 0.325. The van der Waals surface area contributed by atoms with Gasteiger partial charge in [0.2, 0.25) is 0 Å². The van der Waals surface area contributed by atoms with Gasteiger partial charge in [0.1, 0.15) is 11.5 Å². The lowest BCUT2D eigenvalue weighted by molar-refractivity contribution is -0.233. The minimum absolute atomic E-state index is 0.514. The second kappa shape index (κ2) is 10.7. The van der Waals surface area contributed by atoms with Gasteiger partial charge in [-0.3, -0.25) is 14.4 Å². The maximum absolute atomic E-state index is 11.8. The molecule has 0 saturated carbocycles. The Morgan fingerprint density at radius 3 is 2.10 bits per heavy atom. The number of carbonyl (C=O) groups is 3. The van der Waals surface area contributed by atoms with Gasteiger partial charge < -0.3 is 18.9 Å². The second-order valence-electron chi connectivity index (χ2n) is 6.37. The van der Waals surface area contributed by atoms with E-state index in [4.69, 9.17) is 30.5 Å². The van der Waals surface area contributed by atoms with E-state index < -0.39 is 47.8 Å². The maximum atomic E-state index is 11.8. The zero-order valence-electron chi connectivity index (χ0n) is 16.3. The lowest BCUT2D eigenvalue weighted by atomic mass is 9.93. The van der Waals surface area contributed by atoms with E-state index in [1.54, 1.807) is 18.4 Å². The normalized spacial score (nSPS) is 26.5. The van der Waals surface area contributed by atoms with Crippen LogP contribution < -0.4 is 0 Å². The van der Waals surface area contributed by atoms with Crippen molar-refractivity contribution < 1.29 is 33.3 Å². The summed E-state index contributed by atoms with van der Waals surface area (Å²) in [6.07, 6.45) is -1.99. The van der Waals surface area contributed by atoms with Crippen molar-refractivity contribution in [1.29, 1.82) is 0 Å². The Morgan fingerprint density at radius 2 is 1.59 bits per heavy atom. The number of ether oxygens (including phenoxy) is 4. The molecule has 1 heterocycles. The molecule has 0 unspecified atom stereocenters. The third-order valence-corrected chi connectivity index (χ3v) is 5.99. The van der Waals surface area contributed by atoms with Crippen LogP contribution in [0.2, 0.25) is 5.02 Å². The molecule has 0 radical (unpaired) electrons. The fourth-order valence-electron chi connectivity index (χ4n) is 3.11. The number of hydrogen-bond donors (Lipinski definition) is 0. The van der Waals surface area contributed by atoms with E-state index in [1.165, 1.54) is 32.5 Å². The van der Waals surface area contributed by atoms with Gasteiger partial charge >= 0.3 is 17.9 Å². The van der Waals surface area contributed by atoms with Gasteiger partial charge in [-0.05, 0) is 23.4 Å². The molecule has 1 aliphatic rings. The summed E-state index contributed by atoms with van der Waals surface area (Å²) < 4.78 is 22.5. The molecule has 1 saturated heterocycles. The monoisotopic (exact) mass is 508 g/mol. The number of alkyl halides is 1. The highest BCUT2D eigenvalue weighted by Gasteiger charge is 2.52. The van der Waals surface area contributed by atoms with Gasteiger partial charge in [0.25, 0.3) is 0 Å². The van der Waals surface area contributed by atoms with E-state index in [0.29, 0.717) is 15.9 Å². The number of esters is 3. The molecule has 1 aromatic rings. The summed E-state index contributed by atoms with van der Waals surface area (Å²) in [5.41, 5.74) is 0.858. The number of rotatable bonds is 6. The molecule has 0 aliphatic carbocycles. The van der Waals surface area contributed by atoms with E-state index in [9.17, 15) is 14.4 Å². The van der Waals surface area contributed by atoms with Crippen LogP contribution in [0, 0.1) is 0 Å².